The van der Waals surface area contributed by atoms with Crippen molar-refractivity contribution < 1.29 is 14.6 Å². The summed E-state index contributed by atoms with van der Waals surface area (Å²) >= 11 is 0. The lowest BCUT2D eigenvalue weighted by molar-refractivity contribution is -0.186. The minimum Gasteiger partial charge on any atom is -0.483 e. The topological polar surface area (TPSA) is 38.7 Å². The zero-order valence-corrected chi connectivity index (χ0v) is 11.1. The molecule has 96 valence electrons. The van der Waals surface area contributed by atoms with Crippen LogP contribution < -0.4 is 4.74 Å². The largest absolute Gasteiger partial charge is 0.483 e. The van der Waals surface area contributed by atoms with Gasteiger partial charge in [0.1, 0.15) is 5.75 Å². The number of ether oxygens (including phenoxy) is 2. The standard InChI is InChI=1S/C14H22O3/c1-5-11-8-7-9-12(10-11)17-14(3,4)13(15)16-6-2/h7-10,13,15H,5-6H2,1-4H3. The predicted molar refractivity (Wildman–Crippen MR) is 68.2 cm³/mol. The van der Waals surface area contributed by atoms with E-state index >= 15 is 0 Å². The van der Waals surface area contributed by atoms with Gasteiger partial charge >= 0.3 is 0 Å². The highest BCUT2D eigenvalue weighted by molar-refractivity contribution is 5.29. The normalized spacial score (nSPS) is 13.5. The number of rotatable bonds is 6. The molecule has 17 heavy (non-hydrogen) atoms. The van der Waals surface area contributed by atoms with Crippen molar-refractivity contribution in [2.24, 2.45) is 0 Å². The van der Waals surface area contributed by atoms with Crippen molar-refractivity contribution >= 4 is 0 Å². The zero-order valence-electron chi connectivity index (χ0n) is 11.1. The lowest BCUT2D eigenvalue weighted by Gasteiger charge is -2.31. The van der Waals surface area contributed by atoms with E-state index in [0.29, 0.717) is 6.61 Å². The summed E-state index contributed by atoms with van der Waals surface area (Å²) in [7, 11) is 0. The monoisotopic (exact) mass is 238 g/mol. The molecule has 1 aromatic carbocycles. The lowest BCUT2D eigenvalue weighted by Crippen LogP contribution is -2.43. The molecule has 0 saturated carbocycles. The van der Waals surface area contributed by atoms with Crippen molar-refractivity contribution in [1.29, 1.82) is 0 Å². The summed E-state index contributed by atoms with van der Waals surface area (Å²) in [5.41, 5.74) is 0.451. The molecule has 0 aliphatic rings. The van der Waals surface area contributed by atoms with Gasteiger partial charge < -0.3 is 14.6 Å². The molecule has 0 bridgehead atoms. The molecule has 0 saturated heterocycles. The Bertz CT molecular complexity index is 347. The van der Waals surface area contributed by atoms with Crippen LogP contribution in [0.15, 0.2) is 24.3 Å². The van der Waals surface area contributed by atoms with Gasteiger partial charge in [-0.2, -0.15) is 0 Å². The summed E-state index contributed by atoms with van der Waals surface area (Å²) in [5, 5.41) is 9.82. The first-order valence-electron chi connectivity index (χ1n) is 6.07. The van der Waals surface area contributed by atoms with Crippen LogP contribution in [0, 0.1) is 0 Å². The van der Waals surface area contributed by atoms with Gasteiger partial charge in [-0.15, -0.1) is 0 Å². The fraction of sp³-hybridized carbons (Fsp3) is 0.571. The fourth-order valence-corrected chi connectivity index (χ4v) is 1.54. The molecule has 0 amide bonds. The molecule has 0 spiro atoms. The Labute approximate surface area is 103 Å². The van der Waals surface area contributed by atoms with Crippen LogP contribution in [0.5, 0.6) is 5.75 Å². The quantitative estimate of drug-likeness (QED) is 0.774. The molecule has 0 aliphatic heterocycles. The minimum absolute atomic E-state index is 0.461. The second kappa shape index (κ2) is 6.03. The van der Waals surface area contributed by atoms with Gasteiger partial charge in [-0.3, -0.25) is 0 Å². The Morgan fingerprint density at radius 2 is 2.00 bits per heavy atom. The molecule has 0 aromatic heterocycles. The molecular formula is C14H22O3. The maximum Gasteiger partial charge on any atom is 0.194 e. The molecule has 0 radical (unpaired) electrons. The fourth-order valence-electron chi connectivity index (χ4n) is 1.54. The second-order valence-electron chi connectivity index (χ2n) is 4.51. The van der Waals surface area contributed by atoms with Gasteiger partial charge in [-0.05, 0) is 44.9 Å². The molecular weight excluding hydrogens is 216 g/mol. The highest BCUT2D eigenvalue weighted by atomic mass is 16.6. The first-order chi connectivity index (χ1) is 7.99. The summed E-state index contributed by atoms with van der Waals surface area (Å²) in [6.07, 6.45) is 0.0313. The Hall–Kier alpha value is -1.06. The maximum absolute atomic E-state index is 9.82. The van der Waals surface area contributed by atoms with Gasteiger partial charge in [0.15, 0.2) is 11.9 Å². The summed E-state index contributed by atoms with van der Waals surface area (Å²) in [6.45, 7) is 8.02. The molecule has 0 fully saturated rings. The Kier molecular flexibility index (Phi) is 4.97. The molecule has 1 unspecified atom stereocenters. The van der Waals surface area contributed by atoms with Crippen molar-refractivity contribution in [1.82, 2.24) is 0 Å². The Balaban J connectivity index is 2.74. The van der Waals surface area contributed by atoms with E-state index in [2.05, 4.69) is 13.0 Å². The maximum atomic E-state index is 9.82. The Morgan fingerprint density at radius 3 is 2.59 bits per heavy atom. The van der Waals surface area contributed by atoms with Crippen LogP contribution in [0.3, 0.4) is 0 Å². The minimum atomic E-state index is -0.933. The van der Waals surface area contributed by atoms with E-state index in [-0.39, 0.29) is 0 Å². The number of benzene rings is 1. The van der Waals surface area contributed by atoms with Gasteiger partial charge in [-0.1, -0.05) is 19.1 Å². The highest BCUT2D eigenvalue weighted by Gasteiger charge is 2.30. The highest BCUT2D eigenvalue weighted by Crippen LogP contribution is 2.23. The van der Waals surface area contributed by atoms with E-state index in [1.54, 1.807) is 0 Å². The van der Waals surface area contributed by atoms with E-state index in [1.165, 1.54) is 5.56 Å². The average molecular weight is 238 g/mol. The van der Waals surface area contributed by atoms with Gasteiger partial charge in [0.25, 0.3) is 0 Å². The number of aliphatic hydroxyl groups excluding tert-OH is 1. The van der Waals surface area contributed by atoms with Crippen LogP contribution in [0.1, 0.15) is 33.3 Å². The molecule has 0 aliphatic carbocycles. The first kappa shape index (κ1) is 14.0. The van der Waals surface area contributed by atoms with Crippen molar-refractivity contribution in [3.63, 3.8) is 0 Å². The van der Waals surface area contributed by atoms with E-state index in [4.69, 9.17) is 9.47 Å². The number of aliphatic hydroxyl groups is 1. The molecule has 1 rings (SSSR count). The van der Waals surface area contributed by atoms with Crippen molar-refractivity contribution in [2.45, 2.75) is 46.0 Å². The number of hydrogen-bond donors (Lipinski definition) is 1. The van der Waals surface area contributed by atoms with Crippen LogP contribution >= 0.6 is 0 Å². The summed E-state index contributed by atoms with van der Waals surface area (Å²) in [5.74, 6) is 0.758. The molecule has 3 heteroatoms. The van der Waals surface area contributed by atoms with Gasteiger partial charge in [0.05, 0.1) is 0 Å². The summed E-state index contributed by atoms with van der Waals surface area (Å²) in [6, 6.07) is 7.89. The van der Waals surface area contributed by atoms with Crippen molar-refractivity contribution in [2.75, 3.05) is 6.61 Å². The molecule has 1 atom stereocenters. The van der Waals surface area contributed by atoms with Crippen LogP contribution in [0.25, 0.3) is 0 Å². The van der Waals surface area contributed by atoms with Gasteiger partial charge in [-0.25, -0.2) is 0 Å². The van der Waals surface area contributed by atoms with E-state index < -0.39 is 11.9 Å². The van der Waals surface area contributed by atoms with Crippen LogP contribution in [-0.4, -0.2) is 23.6 Å². The smallest absolute Gasteiger partial charge is 0.194 e. The summed E-state index contributed by atoms with van der Waals surface area (Å²) in [4.78, 5) is 0. The predicted octanol–water partition coefficient (Wildman–Crippen LogP) is 2.76. The van der Waals surface area contributed by atoms with Crippen LogP contribution in [-0.2, 0) is 11.2 Å². The molecule has 3 nitrogen and oxygen atoms in total. The van der Waals surface area contributed by atoms with E-state index in [1.807, 2.05) is 39.0 Å². The average Bonchev–Trinajstić information content (AvgIpc) is 2.29. The summed E-state index contributed by atoms with van der Waals surface area (Å²) < 4.78 is 10.9. The van der Waals surface area contributed by atoms with E-state index in [0.717, 1.165) is 12.2 Å². The molecule has 1 aromatic rings. The third kappa shape index (κ3) is 4.02. The molecule has 1 N–H and O–H groups in total. The third-order valence-corrected chi connectivity index (χ3v) is 2.61. The van der Waals surface area contributed by atoms with Gasteiger partial charge in [0.2, 0.25) is 0 Å². The lowest BCUT2D eigenvalue weighted by atomic mass is 10.1. The van der Waals surface area contributed by atoms with Crippen LogP contribution in [0.2, 0.25) is 0 Å². The Morgan fingerprint density at radius 1 is 1.29 bits per heavy atom. The number of aryl methyl sites for hydroxylation is 1. The van der Waals surface area contributed by atoms with E-state index in [9.17, 15) is 5.11 Å². The first-order valence-corrected chi connectivity index (χ1v) is 6.07. The SMILES string of the molecule is CCOC(O)C(C)(C)Oc1cccc(CC)c1. The third-order valence-electron chi connectivity index (χ3n) is 2.61. The molecule has 0 heterocycles. The van der Waals surface area contributed by atoms with Crippen LogP contribution in [0.4, 0.5) is 0 Å². The van der Waals surface area contributed by atoms with Crippen molar-refractivity contribution in [3.8, 4) is 5.75 Å². The number of hydrogen-bond acceptors (Lipinski definition) is 3. The second-order valence-corrected chi connectivity index (χ2v) is 4.51. The van der Waals surface area contributed by atoms with Gasteiger partial charge in [0, 0.05) is 6.61 Å². The van der Waals surface area contributed by atoms with Crippen molar-refractivity contribution in [3.05, 3.63) is 29.8 Å². The zero-order chi connectivity index (χ0) is 12.9.